The molecule has 1 aromatic heterocycles. The summed E-state index contributed by atoms with van der Waals surface area (Å²) in [6.07, 6.45) is -1.91. The molecule has 140 valence electrons. The van der Waals surface area contributed by atoms with Crippen molar-refractivity contribution >= 4 is 46.0 Å². The Kier molecular flexibility index (Phi) is 5.31. The number of nitrogens with zero attached hydrogens (tertiary/aromatic N) is 2. The number of allylic oxidation sites excluding steroid dienone is 1. The average Bonchev–Trinajstić information content (AvgIpc) is 2.95. The summed E-state index contributed by atoms with van der Waals surface area (Å²) in [7, 11) is 0. The minimum atomic E-state index is -4.68. The fourth-order valence-corrected chi connectivity index (χ4v) is 3.27. The fourth-order valence-electron chi connectivity index (χ4n) is 2.79. The number of benzene rings is 2. The second-order valence-electron chi connectivity index (χ2n) is 5.93. The third-order valence-corrected chi connectivity index (χ3v) is 4.52. The van der Waals surface area contributed by atoms with E-state index < -0.39 is 6.30 Å². The number of halogens is 5. The van der Waals surface area contributed by atoms with Crippen LogP contribution in [0.5, 0.6) is 0 Å². The molecule has 0 radical (unpaired) electrons. The molecule has 0 aliphatic rings. The Morgan fingerprint density at radius 1 is 1.19 bits per heavy atom. The minimum absolute atomic E-state index is 0.00904. The predicted molar refractivity (Wildman–Crippen MR) is 100 cm³/mol. The molecular weight excluding hydrogens is 400 g/mol. The van der Waals surface area contributed by atoms with Gasteiger partial charge in [-0.05, 0) is 54.8 Å². The first-order valence-electron chi connectivity index (χ1n) is 7.87. The molecule has 0 aliphatic carbocycles. The lowest BCUT2D eigenvalue weighted by atomic mass is 9.99. The van der Waals surface area contributed by atoms with Gasteiger partial charge in [0.15, 0.2) is 5.78 Å². The van der Waals surface area contributed by atoms with Gasteiger partial charge < -0.3 is 0 Å². The number of carbonyl (C=O) groups is 1. The van der Waals surface area contributed by atoms with Crippen molar-refractivity contribution in [3.8, 4) is 0 Å². The summed E-state index contributed by atoms with van der Waals surface area (Å²) >= 11 is 12.1. The van der Waals surface area contributed by atoms with Gasteiger partial charge in [0.05, 0.1) is 11.2 Å². The Balaban J connectivity index is 2.21. The highest BCUT2D eigenvalue weighted by Gasteiger charge is 2.34. The lowest BCUT2D eigenvalue weighted by Gasteiger charge is -2.09. The molecule has 0 bridgehead atoms. The van der Waals surface area contributed by atoms with Crippen LogP contribution < -0.4 is 0 Å². The van der Waals surface area contributed by atoms with Crippen molar-refractivity contribution in [1.29, 1.82) is 0 Å². The maximum atomic E-state index is 13.4. The first-order chi connectivity index (χ1) is 12.7. The monoisotopic (exact) mass is 412 g/mol. The molecule has 1 heterocycles. The third-order valence-electron chi connectivity index (χ3n) is 3.93. The second kappa shape index (κ2) is 7.37. The lowest BCUT2D eigenvalue weighted by Crippen LogP contribution is -2.18. The Morgan fingerprint density at radius 3 is 2.56 bits per heavy atom. The van der Waals surface area contributed by atoms with E-state index >= 15 is 0 Å². The molecule has 2 aromatic carbocycles. The topological polar surface area (TPSA) is 34.9 Å². The molecule has 0 amide bonds. The number of rotatable bonds is 4. The van der Waals surface area contributed by atoms with Crippen LogP contribution in [0.15, 0.2) is 42.5 Å². The van der Waals surface area contributed by atoms with Gasteiger partial charge >= 0.3 is 6.30 Å². The number of fused-ring (bicyclic) bond motifs is 1. The summed E-state index contributed by atoms with van der Waals surface area (Å²) in [5.74, 6) is -0.289. The SMILES string of the molecule is CC(=O)/C=C/c1nn(C(F)(F)F)c2cccc(Cc3ccc(Cl)cc3Cl)c12. The molecule has 3 aromatic rings. The van der Waals surface area contributed by atoms with E-state index in [9.17, 15) is 18.0 Å². The highest BCUT2D eigenvalue weighted by molar-refractivity contribution is 6.35. The summed E-state index contributed by atoms with van der Waals surface area (Å²) in [6, 6.07) is 9.55. The summed E-state index contributed by atoms with van der Waals surface area (Å²) in [6.45, 7) is 1.31. The van der Waals surface area contributed by atoms with E-state index in [0.717, 1.165) is 5.56 Å². The number of carbonyl (C=O) groups excluding carboxylic acids is 1. The Morgan fingerprint density at radius 2 is 1.93 bits per heavy atom. The van der Waals surface area contributed by atoms with Crippen LogP contribution in [0.4, 0.5) is 13.2 Å². The predicted octanol–water partition coefficient (Wildman–Crippen LogP) is 6.01. The molecule has 0 atom stereocenters. The van der Waals surface area contributed by atoms with Crippen molar-refractivity contribution < 1.29 is 18.0 Å². The number of aromatic nitrogens is 2. The van der Waals surface area contributed by atoms with Crippen molar-refractivity contribution in [2.24, 2.45) is 0 Å². The van der Waals surface area contributed by atoms with Crippen LogP contribution in [0, 0.1) is 0 Å². The molecule has 0 fully saturated rings. The van der Waals surface area contributed by atoms with E-state index in [1.54, 1.807) is 24.3 Å². The van der Waals surface area contributed by atoms with E-state index in [0.29, 0.717) is 21.0 Å². The molecule has 0 spiro atoms. The van der Waals surface area contributed by atoms with Crippen molar-refractivity contribution in [2.75, 3.05) is 0 Å². The average molecular weight is 413 g/mol. The maximum absolute atomic E-state index is 13.4. The van der Waals surface area contributed by atoms with E-state index in [1.807, 2.05) is 0 Å². The molecule has 0 unspecified atom stereocenters. The van der Waals surface area contributed by atoms with Gasteiger partial charge in [-0.15, -0.1) is 13.2 Å². The molecular formula is C19H13Cl2F3N2O. The quantitative estimate of drug-likeness (QED) is 0.491. The van der Waals surface area contributed by atoms with Crippen LogP contribution in [-0.2, 0) is 17.5 Å². The third kappa shape index (κ3) is 4.17. The molecule has 0 saturated heterocycles. The lowest BCUT2D eigenvalue weighted by molar-refractivity contribution is -0.209. The zero-order chi connectivity index (χ0) is 19.8. The molecule has 8 heteroatoms. The number of alkyl halides is 3. The van der Waals surface area contributed by atoms with Crippen molar-refractivity contribution in [2.45, 2.75) is 19.6 Å². The van der Waals surface area contributed by atoms with Crippen LogP contribution in [-0.4, -0.2) is 15.6 Å². The largest absolute Gasteiger partial charge is 0.505 e. The van der Waals surface area contributed by atoms with Gasteiger partial charge in [0.2, 0.25) is 0 Å². The van der Waals surface area contributed by atoms with Crippen LogP contribution in [0.3, 0.4) is 0 Å². The van der Waals surface area contributed by atoms with Crippen LogP contribution in [0.25, 0.3) is 17.0 Å². The number of hydrogen-bond acceptors (Lipinski definition) is 2. The first kappa shape index (κ1) is 19.5. The van der Waals surface area contributed by atoms with Crippen LogP contribution in [0.2, 0.25) is 10.0 Å². The Hall–Kier alpha value is -2.31. The van der Waals surface area contributed by atoms with Crippen molar-refractivity contribution in [1.82, 2.24) is 9.78 Å². The number of hydrogen-bond donors (Lipinski definition) is 0. The Bertz CT molecular complexity index is 1060. The van der Waals surface area contributed by atoms with Crippen molar-refractivity contribution in [3.63, 3.8) is 0 Å². The zero-order valence-electron chi connectivity index (χ0n) is 14.0. The first-order valence-corrected chi connectivity index (χ1v) is 8.63. The van der Waals surface area contributed by atoms with Gasteiger partial charge in [-0.2, -0.15) is 9.78 Å². The van der Waals surface area contributed by atoms with Gasteiger partial charge in [0.25, 0.3) is 0 Å². The fraction of sp³-hybridized carbons (Fsp3) is 0.158. The standard InChI is InChI=1S/C19H13Cl2F3N2O/c1-11(27)5-8-16-18-13(9-12-6-7-14(20)10-15(12)21)3-2-4-17(18)26(25-16)19(22,23)24/h2-8,10H,9H2,1H3/b8-5+. The van der Waals surface area contributed by atoms with Gasteiger partial charge in [-0.1, -0.05) is 41.4 Å². The van der Waals surface area contributed by atoms with E-state index in [2.05, 4.69) is 5.10 Å². The van der Waals surface area contributed by atoms with E-state index in [1.165, 1.54) is 31.2 Å². The smallest absolute Gasteiger partial charge is 0.295 e. The molecule has 3 rings (SSSR count). The molecule has 0 aliphatic heterocycles. The van der Waals surface area contributed by atoms with Crippen molar-refractivity contribution in [3.05, 3.63) is 69.3 Å². The molecule has 0 N–H and O–H groups in total. The normalized spacial score (nSPS) is 12.2. The van der Waals surface area contributed by atoms with Crippen LogP contribution >= 0.6 is 23.2 Å². The van der Waals surface area contributed by atoms with Crippen LogP contribution in [0.1, 0.15) is 23.7 Å². The Labute approximate surface area is 163 Å². The van der Waals surface area contributed by atoms with Gasteiger partial charge in [0.1, 0.15) is 0 Å². The minimum Gasteiger partial charge on any atom is -0.295 e. The molecule has 0 saturated carbocycles. The van der Waals surface area contributed by atoms with Gasteiger partial charge in [-0.25, -0.2) is 0 Å². The summed E-state index contributed by atoms with van der Waals surface area (Å²) in [5, 5.41) is 4.88. The summed E-state index contributed by atoms with van der Waals surface area (Å²) in [5.41, 5.74) is 1.30. The molecule has 3 nitrogen and oxygen atoms in total. The number of ketones is 1. The summed E-state index contributed by atoms with van der Waals surface area (Å²) < 4.78 is 40.1. The van der Waals surface area contributed by atoms with E-state index in [-0.39, 0.29) is 28.1 Å². The van der Waals surface area contributed by atoms with E-state index in [4.69, 9.17) is 23.2 Å². The highest BCUT2D eigenvalue weighted by atomic mass is 35.5. The van der Waals surface area contributed by atoms with Gasteiger partial charge in [0, 0.05) is 15.4 Å². The maximum Gasteiger partial charge on any atom is 0.505 e. The zero-order valence-corrected chi connectivity index (χ0v) is 15.5. The van der Waals surface area contributed by atoms with Gasteiger partial charge in [-0.3, -0.25) is 4.79 Å². The summed E-state index contributed by atoms with van der Waals surface area (Å²) in [4.78, 5) is 11.2. The second-order valence-corrected chi connectivity index (χ2v) is 6.78. The molecule has 27 heavy (non-hydrogen) atoms. The highest BCUT2D eigenvalue weighted by Crippen LogP contribution is 2.33.